The van der Waals surface area contributed by atoms with E-state index in [0.29, 0.717) is 22.6 Å². The Balaban J connectivity index is 2.47. The van der Waals surface area contributed by atoms with Gasteiger partial charge >= 0.3 is 0 Å². The molecule has 4 unspecified atom stereocenters. The van der Waals surface area contributed by atoms with Gasteiger partial charge in [-0.2, -0.15) is 0 Å². The molecule has 1 aliphatic rings. The lowest BCUT2D eigenvalue weighted by molar-refractivity contribution is -0.0238. The van der Waals surface area contributed by atoms with Crippen LogP contribution in [0.15, 0.2) is 12.1 Å². The first-order chi connectivity index (χ1) is 10.1. The predicted octanol–water partition coefficient (Wildman–Crippen LogP) is -0.650. The van der Waals surface area contributed by atoms with Gasteiger partial charge in [-0.25, -0.2) is 0 Å². The number of rotatable bonds is 5. The number of aliphatic hydroxyl groups is 4. The van der Waals surface area contributed by atoms with Gasteiger partial charge in [0.05, 0.1) is 27.4 Å². The van der Waals surface area contributed by atoms with Crippen LogP contribution in [-0.4, -0.2) is 59.6 Å². The summed E-state index contributed by atoms with van der Waals surface area (Å²) in [7, 11) is 2.93. The molecule has 0 radical (unpaired) electrons. The van der Waals surface area contributed by atoms with Crippen LogP contribution in [0.5, 0.6) is 11.5 Å². The summed E-state index contributed by atoms with van der Waals surface area (Å²) in [5.41, 5.74) is 0.893. The van der Waals surface area contributed by atoms with Gasteiger partial charge in [-0.15, -0.1) is 0 Å². The normalized spacial score (nSPS) is 28.7. The third-order valence-corrected chi connectivity index (χ3v) is 3.65. The smallest absolute Gasteiger partial charge is 0.128 e. The van der Waals surface area contributed by atoms with Gasteiger partial charge < -0.3 is 34.6 Å². The van der Waals surface area contributed by atoms with E-state index in [9.17, 15) is 15.3 Å². The summed E-state index contributed by atoms with van der Waals surface area (Å²) in [4.78, 5) is 0. The maximum atomic E-state index is 10.1. The second kappa shape index (κ2) is 6.59. The van der Waals surface area contributed by atoms with Crippen molar-refractivity contribution in [2.45, 2.75) is 31.0 Å². The van der Waals surface area contributed by atoms with Gasteiger partial charge in [-0.3, -0.25) is 0 Å². The van der Waals surface area contributed by atoms with Crippen molar-refractivity contribution in [1.29, 1.82) is 0 Å². The standard InChI is InChI=1S/C14H20O7/c1-19-8-3-7(5-15)11(9(4-8)20-2)14-13(18)12(17)10(6-16)21-14/h3-4,10,12-18H,5-6H2,1-2H3. The van der Waals surface area contributed by atoms with Crippen molar-refractivity contribution in [3.8, 4) is 11.5 Å². The minimum atomic E-state index is -1.23. The van der Waals surface area contributed by atoms with Crippen molar-refractivity contribution < 1.29 is 34.6 Å². The quantitative estimate of drug-likeness (QED) is 0.572. The third-order valence-electron chi connectivity index (χ3n) is 3.65. The average molecular weight is 300 g/mol. The summed E-state index contributed by atoms with van der Waals surface area (Å²) < 4.78 is 15.9. The molecule has 7 heteroatoms. The van der Waals surface area contributed by atoms with Crippen molar-refractivity contribution in [2.24, 2.45) is 0 Å². The third kappa shape index (κ3) is 2.83. The summed E-state index contributed by atoms with van der Waals surface area (Å²) in [6.45, 7) is -0.725. The predicted molar refractivity (Wildman–Crippen MR) is 72.2 cm³/mol. The molecule has 1 aliphatic heterocycles. The Hall–Kier alpha value is -1.38. The van der Waals surface area contributed by atoms with Gasteiger partial charge in [0.25, 0.3) is 0 Å². The number of benzene rings is 1. The molecule has 4 atom stereocenters. The topological polar surface area (TPSA) is 109 Å². The summed E-state index contributed by atoms with van der Waals surface area (Å²) >= 11 is 0. The Kier molecular flexibility index (Phi) is 5.02. The molecule has 1 saturated heterocycles. The molecule has 7 nitrogen and oxygen atoms in total. The van der Waals surface area contributed by atoms with E-state index in [1.807, 2.05) is 0 Å². The molecule has 0 spiro atoms. The van der Waals surface area contributed by atoms with Crippen LogP contribution in [0.2, 0.25) is 0 Å². The molecule has 2 rings (SSSR count). The van der Waals surface area contributed by atoms with Gasteiger partial charge in [0.2, 0.25) is 0 Å². The summed E-state index contributed by atoms with van der Waals surface area (Å²) in [6.07, 6.45) is -4.23. The van der Waals surface area contributed by atoms with E-state index in [-0.39, 0.29) is 6.61 Å². The van der Waals surface area contributed by atoms with E-state index in [1.165, 1.54) is 14.2 Å². The van der Waals surface area contributed by atoms with Crippen LogP contribution in [0.1, 0.15) is 17.2 Å². The van der Waals surface area contributed by atoms with E-state index < -0.39 is 31.0 Å². The molecule has 0 saturated carbocycles. The van der Waals surface area contributed by atoms with Crippen LogP contribution < -0.4 is 9.47 Å². The minimum absolute atomic E-state index is 0.310. The Bertz CT molecular complexity index is 465. The molecular weight excluding hydrogens is 280 g/mol. The highest BCUT2D eigenvalue weighted by Crippen LogP contribution is 2.41. The maximum Gasteiger partial charge on any atom is 0.128 e. The zero-order chi connectivity index (χ0) is 15.6. The monoisotopic (exact) mass is 300 g/mol. The lowest BCUT2D eigenvalue weighted by Crippen LogP contribution is -2.32. The van der Waals surface area contributed by atoms with Crippen molar-refractivity contribution in [1.82, 2.24) is 0 Å². The zero-order valence-electron chi connectivity index (χ0n) is 11.9. The highest BCUT2D eigenvalue weighted by molar-refractivity contribution is 5.48. The highest BCUT2D eigenvalue weighted by atomic mass is 16.6. The first kappa shape index (κ1) is 16.0. The Morgan fingerprint density at radius 2 is 1.81 bits per heavy atom. The highest BCUT2D eigenvalue weighted by Gasteiger charge is 2.44. The van der Waals surface area contributed by atoms with Crippen molar-refractivity contribution >= 4 is 0 Å². The zero-order valence-corrected chi connectivity index (χ0v) is 11.9. The fraction of sp³-hybridized carbons (Fsp3) is 0.571. The van der Waals surface area contributed by atoms with Gasteiger partial charge in [-0.05, 0) is 11.6 Å². The van der Waals surface area contributed by atoms with Crippen LogP contribution in [-0.2, 0) is 11.3 Å². The van der Waals surface area contributed by atoms with Gasteiger partial charge in [0.15, 0.2) is 0 Å². The van der Waals surface area contributed by atoms with Gasteiger partial charge in [0.1, 0.15) is 35.9 Å². The largest absolute Gasteiger partial charge is 0.497 e. The average Bonchev–Trinajstić information content (AvgIpc) is 2.81. The van der Waals surface area contributed by atoms with Crippen molar-refractivity contribution in [3.05, 3.63) is 23.3 Å². The first-order valence-electron chi connectivity index (χ1n) is 6.55. The van der Waals surface area contributed by atoms with E-state index in [0.717, 1.165) is 0 Å². The van der Waals surface area contributed by atoms with Crippen LogP contribution in [0.3, 0.4) is 0 Å². The Morgan fingerprint density at radius 1 is 1.10 bits per heavy atom. The molecule has 0 aromatic heterocycles. The fourth-order valence-corrected chi connectivity index (χ4v) is 2.53. The molecule has 118 valence electrons. The number of aliphatic hydroxyl groups excluding tert-OH is 4. The molecule has 0 amide bonds. The first-order valence-corrected chi connectivity index (χ1v) is 6.55. The maximum absolute atomic E-state index is 10.1. The van der Waals surface area contributed by atoms with Crippen LogP contribution in [0.25, 0.3) is 0 Å². The molecule has 0 bridgehead atoms. The second-order valence-electron chi connectivity index (χ2n) is 4.82. The summed E-state index contributed by atoms with van der Waals surface area (Å²) in [5.74, 6) is 0.861. The Morgan fingerprint density at radius 3 is 2.29 bits per heavy atom. The lowest BCUT2D eigenvalue weighted by atomic mass is 9.96. The van der Waals surface area contributed by atoms with Crippen LogP contribution in [0, 0.1) is 0 Å². The summed E-state index contributed by atoms with van der Waals surface area (Å²) in [5, 5.41) is 38.7. The second-order valence-corrected chi connectivity index (χ2v) is 4.82. The van der Waals surface area contributed by atoms with Crippen LogP contribution in [0.4, 0.5) is 0 Å². The van der Waals surface area contributed by atoms with E-state index in [2.05, 4.69) is 0 Å². The minimum Gasteiger partial charge on any atom is -0.497 e. The van der Waals surface area contributed by atoms with E-state index >= 15 is 0 Å². The van der Waals surface area contributed by atoms with Gasteiger partial charge in [0, 0.05) is 11.6 Å². The Labute approximate surface area is 122 Å². The van der Waals surface area contributed by atoms with E-state index in [1.54, 1.807) is 12.1 Å². The lowest BCUT2D eigenvalue weighted by Gasteiger charge is -2.21. The molecule has 1 aromatic carbocycles. The SMILES string of the molecule is COc1cc(CO)c(C2OC(CO)C(O)C2O)c(OC)c1. The van der Waals surface area contributed by atoms with Crippen molar-refractivity contribution in [3.63, 3.8) is 0 Å². The number of hydrogen-bond donors (Lipinski definition) is 4. The summed E-state index contributed by atoms with van der Waals surface area (Å²) in [6, 6.07) is 3.20. The van der Waals surface area contributed by atoms with Crippen molar-refractivity contribution in [2.75, 3.05) is 20.8 Å². The fourth-order valence-electron chi connectivity index (χ4n) is 2.53. The molecular formula is C14H20O7. The number of hydrogen-bond acceptors (Lipinski definition) is 7. The molecule has 4 N–H and O–H groups in total. The molecule has 1 fully saturated rings. The number of methoxy groups -OCH3 is 2. The molecule has 1 heterocycles. The number of ether oxygens (including phenoxy) is 3. The molecule has 21 heavy (non-hydrogen) atoms. The van der Waals surface area contributed by atoms with Crippen LogP contribution >= 0.6 is 0 Å². The van der Waals surface area contributed by atoms with E-state index in [4.69, 9.17) is 19.3 Å². The molecule has 0 aliphatic carbocycles. The van der Waals surface area contributed by atoms with Gasteiger partial charge in [-0.1, -0.05) is 0 Å². The molecule has 1 aromatic rings.